The van der Waals surface area contributed by atoms with Gasteiger partial charge in [-0.1, -0.05) is 0 Å². The zero-order valence-electron chi connectivity index (χ0n) is 9.22. The van der Waals surface area contributed by atoms with Gasteiger partial charge in [0.15, 0.2) is 0 Å². The first kappa shape index (κ1) is 12.5. The number of nitrogens with zero attached hydrogens (tertiary/aromatic N) is 3. The minimum atomic E-state index is -0.804. The van der Waals surface area contributed by atoms with Gasteiger partial charge in [-0.05, 0) is 0 Å². The van der Waals surface area contributed by atoms with Crippen molar-refractivity contribution in [3.8, 4) is 6.07 Å². The van der Waals surface area contributed by atoms with Crippen LogP contribution in [0.3, 0.4) is 0 Å². The van der Waals surface area contributed by atoms with E-state index in [1.54, 1.807) is 11.9 Å². The Hall–Kier alpha value is -1.61. The number of carboxylic acids is 1. The molecule has 16 heavy (non-hydrogen) atoms. The number of nitriles is 1. The molecule has 1 heterocycles. The van der Waals surface area contributed by atoms with Gasteiger partial charge in [-0.15, -0.1) is 0 Å². The number of likely N-dealkylation sites (tertiary alicyclic amines) is 1. The Kier molecular flexibility index (Phi) is 4.26. The monoisotopic (exact) mass is 225 g/mol. The van der Waals surface area contributed by atoms with Gasteiger partial charge in [0, 0.05) is 26.7 Å². The van der Waals surface area contributed by atoms with Crippen LogP contribution in [0.4, 0.5) is 0 Å². The van der Waals surface area contributed by atoms with Crippen molar-refractivity contribution in [3.63, 3.8) is 0 Å². The molecule has 1 aliphatic heterocycles. The van der Waals surface area contributed by atoms with Gasteiger partial charge in [0.2, 0.25) is 5.91 Å². The maximum absolute atomic E-state index is 11.6. The molecule has 1 aliphatic rings. The number of carboxylic acid groups (broad SMARTS) is 1. The van der Waals surface area contributed by atoms with E-state index in [-0.39, 0.29) is 18.4 Å². The molecule has 0 aromatic rings. The highest BCUT2D eigenvalue weighted by Crippen LogP contribution is 2.14. The lowest BCUT2D eigenvalue weighted by molar-refractivity contribution is -0.149. The van der Waals surface area contributed by atoms with E-state index in [0.29, 0.717) is 26.1 Å². The van der Waals surface area contributed by atoms with Crippen molar-refractivity contribution in [3.05, 3.63) is 0 Å². The number of likely N-dealkylation sites (N-methyl/N-ethyl adjacent to an activating group) is 1. The molecule has 0 radical (unpaired) electrons. The lowest BCUT2D eigenvalue weighted by atomic mass is 10.0. The quantitative estimate of drug-likeness (QED) is 0.673. The van der Waals surface area contributed by atoms with Crippen LogP contribution >= 0.6 is 0 Å². The topological polar surface area (TPSA) is 84.6 Å². The standard InChI is InChI=1S/C10H15N3O3/c1-12(4-2-3-11)9(14)7-13-5-8(6-13)10(15)16/h8H,2,4-7H2,1H3,(H,15,16). The Morgan fingerprint density at radius 1 is 1.56 bits per heavy atom. The van der Waals surface area contributed by atoms with Crippen molar-refractivity contribution in [2.75, 3.05) is 33.2 Å². The zero-order valence-corrected chi connectivity index (χ0v) is 9.22. The fourth-order valence-corrected chi connectivity index (χ4v) is 1.51. The molecule has 0 unspecified atom stereocenters. The van der Waals surface area contributed by atoms with E-state index in [1.807, 2.05) is 6.07 Å². The van der Waals surface area contributed by atoms with Crippen LogP contribution in [0.2, 0.25) is 0 Å². The van der Waals surface area contributed by atoms with E-state index in [9.17, 15) is 9.59 Å². The smallest absolute Gasteiger partial charge is 0.309 e. The van der Waals surface area contributed by atoms with Crippen molar-refractivity contribution in [1.29, 1.82) is 5.26 Å². The third-order valence-corrected chi connectivity index (χ3v) is 2.65. The highest BCUT2D eigenvalue weighted by molar-refractivity contribution is 5.78. The average Bonchev–Trinajstić information content (AvgIpc) is 2.18. The van der Waals surface area contributed by atoms with Crippen LogP contribution in [0, 0.1) is 17.2 Å². The van der Waals surface area contributed by atoms with Gasteiger partial charge in [0.05, 0.1) is 25.0 Å². The van der Waals surface area contributed by atoms with E-state index >= 15 is 0 Å². The van der Waals surface area contributed by atoms with Gasteiger partial charge < -0.3 is 10.0 Å². The summed E-state index contributed by atoms with van der Waals surface area (Å²) in [6.07, 6.45) is 0.319. The lowest BCUT2D eigenvalue weighted by Crippen LogP contribution is -2.53. The van der Waals surface area contributed by atoms with E-state index < -0.39 is 5.97 Å². The molecule has 1 amide bonds. The molecule has 0 spiro atoms. The number of carbonyl (C=O) groups excluding carboxylic acids is 1. The number of rotatable bonds is 5. The summed E-state index contributed by atoms with van der Waals surface area (Å²) in [6, 6.07) is 1.97. The summed E-state index contributed by atoms with van der Waals surface area (Å²) >= 11 is 0. The van der Waals surface area contributed by atoms with E-state index in [1.165, 1.54) is 4.90 Å². The molecule has 0 aromatic carbocycles. The molecule has 0 aromatic heterocycles. The van der Waals surface area contributed by atoms with Crippen LogP contribution in [0.5, 0.6) is 0 Å². The predicted molar refractivity (Wildman–Crippen MR) is 55.4 cm³/mol. The molecule has 6 nitrogen and oxygen atoms in total. The Labute approximate surface area is 94.0 Å². The number of amides is 1. The third-order valence-electron chi connectivity index (χ3n) is 2.65. The SMILES string of the molecule is CN(CCC#N)C(=O)CN1CC(C(=O)O)C1. The summed E-state index contributed by atoms with van der Waals surface area (Å²) in [6.45, 7) is 1.54. The Morgan fingerprint density at radius 2 is 2.19 bits per heavy atom. The number of aliphatic carboxylic acids is 1. The molecule has 1 rings (SSSR count). The fraction of sp³-hybridized carbons (Fsp3) is 0.700. The summed E-state index contributed by atoms with van der Waals surface area (Å²) in [4.78, 5) is 25.4. The van der Waals surface area contributed by atoms with Gasteiger partial charge in [0.25, 0.3) is 0 Å². The maximum Gasteiger partial charge on any atom is 0.309 e. The Morgan fingerprint density at radius 3 is 2.69 bits per heavy atom. The molecule has 1 fully saturated rings. The average molecular weight is 225 g/mol. The van der Waals surface area contributed by atoms with Crippen molar-refractivity contribution in [1.82, 2.24) is 9.80 Å². The lowest BCUT2D eigenvalue weighted by Gasteiger charge is -2.36. The van der Waals surface area contributed by atoms with E-state index in [0.717, 1.165) is 0 Å². The van der Waals surface area contributed by atoms with Crippen LogP contribution in [-0.2, 0) is 9.59 Å². The van der Waals surface area contributed by atoms with E-state index in [2.05, 4.69) is 0 Å². The van der Waals surface area contributed by atoms with Gasteiger partial charge in [0.1, 0.15) is 0 Å². The fourth-order valence-electron chi connectivity index (χ4n) is 1.51. The van der Waals surface area contributed by atoms with Crippen molar-refractivity contribution < 1.29 is 14.7 Å². The minimum Gasteiger partial charge on any atom is -0.481 e. The maximum atomic E-state index is 11.6. The molecule has 0 saturated carbocycles. The van der Waals surface area contributed by atoms with Crippen molar-refractivity contribution in [2.24, 2.45) is 5.92 Å². The summed E-state index contributed by atoms with van der Waals surface area (Å²) in [5, 5.41) is 17.0. The number of hydrogen-bond acceptors (Lipinski definition) is 4. The van der Waals surface area contributed by atoms with Crippen LogP contribution in [0.1, 0.15) is 6.42 Å². The van der Waals surface area contributed by atoms with Crippen LogP contribution in [0.25, 0.3) is 0 Å². The molecular formula is C10H15N3O3. The molecule has 6 heteroatoms. The zero-order chi connectivity index (χ0) is 12.1. The molecule has 0 bridgehead atoms. The largest absolute Gasteiger partial charge is 0.481 e. The van der Waals surface area contributed by atoms with Crippen LogP contribution < -0.4 is 0 Å². The molecule has 0 atom stereocenters. The second-order valence-corrected chi connectivity index (χ2v) is 3.95. The molecule has 1 N–H and O–H groups in total. The molecular weight excluding hydrogens is 210 g/mol. The highest BCUT2D eigenvalue weighted by atomic mass is 16.4. The third kappa shape index (κ3) is 3.21. The summed E-state index contributed by atoms with van der Waals surface area (Å²) in [5.74, 6) is -1.21. The second kappa shape index (κ2) is 5.47. The summed E-state index contributed by atoms with van der Waals surface area (Å²) in [7, 11) is 1.65. The molecule has 88 valence electrons. The normalized spacial score (nSPS) is 16.2. The van der Waals surface area contributed by atoms with Crippen LogP contribution in [-0.4, -0.2) is 60.0 Å². The molecule has 1 saturated heterocycles. The molecule has 0 aliphatic carbocycles. The summed E-state index contributed by atoms with van der Waals surface area (Å²) < 4.78 is 0. The van der Waals surface area contributed by atoms with Crippen molar-refractivity contribution >= 4 is 11.9 Å². The number of hydrogen-bond donors (Lipinski definition) is 1. The first-order valence-electron chi connectivity index (χ1n) is 5.10. The van der Waals surface area contributed by atoms with Gasteiger partial charge in [-0.25, -0.2) is 0 Å². The van der Waals surface area contributed by atoms with E-state index in [4.69, 9.17) is 10.4 Å². The van der Waals surface area contributed by atoms with Gasteiger partial charge >= 0.3 is 5.97 Å². The van der Waals surface area contributed by atoms with Crippen LogP contribution in [0.15, 0.2) is 0 Å². The predicted octanol–water partition coefficient (Wildman–Crippen LogP) is -0.625. The highest BCUT2D eigenvalue weighted by Gasteiger charge is 2.33. The first-order valence-corrected chi connectivity index (χ1v) is 5.10. The number of carbonyl (C=O) groups is 2. The van der Waals surface area contributed by atoms with Crippen molar-refractivity contribution in [2.45, 2.75) is 6.42 Å². The van der Waals surface area contributed by atoms with Gasteiger partial charge in [-0.2, -0.15) is 5.26 Å². The Balaban J connectivity index is 2.21. The second-order valence-electron chi connectivity index (χ2n) is 3.95. The first-order chi connectivity index (χ1) is 7.54. The Bertz CT molecular complexity index is 318. The van der Waals surface area contributed by atoms with Gasteiger partial charge in [-0.3, -0.25) is 14.5 Å². The minimum absolute atomic E-state index is 0.0703. The summed E-state index contributed by atoms with van der Waals surface area (Å²) in [5.41, 5.74) is 0.